The first kappa shape index (κ1) is 18.3. The predicted octanol–water partition coefficient (Wildman–Crippen LogP) is 1.56. The fraction of sp³-hybridized carbons (Fsp3) is 0.500. The Morgan fingerprint density at radius 2 is 1.83 bits per heavy atom. The smallest absolute Gasteiger partial charge is 0.223 e. The van der Waals surface area contributed by atoms with Crippen LogP contribution in [-0.4, -0.2) is 30.1 Å². The zero-order chi connectivity index (χ0) is 17.7. The normalized spacial score (nSPS) is 15.0. The summed E-state index contributed by atoms with van der Waals surface area (Å²) in [6, 6.07) is 0.424. The minimum Gasteiger partial charge on any atom is -0.394 e. The number of hydrogen-bond donors (Lipinski definition) is 3. The van der Waals surface area contributed by atoms with Crippen molar-refractivity contribution in [2.45, 2.75) is 31.7 Å². The highest BCUT2D eigenvalue weighted by Crippen LogP contribution is 2.28. The molecule has 0 radical (unpaired) electrons. The van der Waals surface area contributed by atoms with Crippen molar-refractivity contribution < 1.29 is 27.9 Å². The van der Waals surface area contributed by atoms with Crippen molar-refractivity contribution in [2.75, 3.05) is 13.2 Å². The number of aliphatic hydroxyl groups is 1. The van der Waals surface area contributed by atoms with Crippen LogP contribution in [0.1, 0.15) is 37.3 Å². The molecule has 0 aromatic heterocycles. The van der Waals surface area contributed by atoms with E-state index in [1.54, 1.807) is 0 Å². The molecule has 0 aliphatic heterocycles. The van der Waals surface area contributed by atoms with Crippen molar-refractivity contribution in [1.29, 1.82) is 0 Å². The molecule has 8 heteroatoms. The first-order chi connectivity index (χ1) is 11.4. The molecule has 132 valence electrons. The SMILES string of the molecule is O=C(CCCNC(=O)C1CC1)NC(CO)c1cc(F)c(F)c(F)c1. The van der Waals surface area contributed by atoms with Crippen molar-refractivity contribution in [3.8, 4) is 0 Å². The van der Waals surface area contributed by atoms with Gasteiger partial charge in [0.15, 0.2) is 17.5 Å². The Hall–Kier alpha value is -2.09. The number of amides is 2. The standard InChI is InChI=1S/C16H19F3N2O3/c17-11-6-10(7-12(18)15(11)19)13(8-22)21-14(23)2-1-5-20-16(24)9-3-4-9/h6-7,9,13,22H,1-5,8H2,(H,20,24)(H,21,23). The largest absolute Gasteiger partial charge is 0.394 e. The Kier molecular flexibility index (Phi) is 6.19. The molecule has 1 aromatic rings. The van der Waals surface area contributed by atoms with Gasteiger partial charge in [0.1, 0.15) is 0 Å². The quantitative estimate of drug-likeness (QED) is 0.495. The van der Waals surface area contributed by atoms with Crippen LogP contribution in [0.15, 0.2) is 12.1 Å². The van der Waals surface area contributed by atoms with E-state index >= 15 is 0 Å². The molecule has 2 amide bonds. The lowest BCUT2D eigenvalue weighted by molar-refractivity contribution is -0.124. The maximum Gasteiger partial charge on any atom is 0.223 e. The van der Waals surface area contributed by atoms with E-state index in [-0.39, 0.29) is 23.8 Å². The second kappa shape index (κ2) is 8.14. The molecule has 0 heterocycles. The number of halogens is 3. The topological polar surface area (TPSA) is 78.4 Å². The minimum absolute atomic E-state index is 0.0131. The summed E-state index contributed by atoms with van der Waals surface area (Å²) in [4.78, 5) is 23.2. The van der Waals surface area contributed by atoms with E-state index in [1.807, 2.05) is 0 Å². The summed E-state index contributed by atoms with van der Waals surface area (Å²) < 4.78 is 39.4. The maximum absolute atomic E-state index is 13.2. The Balaban J connectivity index is 1.81. The molecule has 3 N–H and O–H groups in total. The van der Waals surface area contributed by atoms with E-state index < -0.39 is 36.0 Å². The van der Waals surface area contributed by atoms with Crippen molar-refractivity contribution >= 4 is 11.8 Å². The average molecular weight is 344 g/mol. The highest BCUT2D eigenvalue weighted by Gasteiger charge is 2.29. The number of carbonyl (C=O) groups is 2. The third kappa shape index (κ3) is 4.95. The lowest BCUT2D eigenvalue weighted by Crippen LogP contribution is -2.32. The molecule has 0 spiro atoms. The number of carbonyl (C=O) groups excluding carboxylic acids is 2. The maximum atomic E-state index is 13.2. The van der Waals surface area contributed by atoms with Crippen LogP contribution in [-0.2, 0) is 9.59 Å². The van der Waals surface area contributed by atoms with Crippen LogP contribution in [0.25, 0.3) is 0 Å². The van der Waals surface area contributed by atoms with E-state index in [1.165, 1.54) is 0 Å². The van der Waals surface area contributed by atoms with Gasteiger partial charge in [0.05, 0.1) is 12.6 Å². The molecule has 5 nitrogen and oxygen atoms in total. The zero-order valence-electron chi connectivity index (χ0n) is 12.9. The summed E-state index contributed by atoms with van der Waals surface area (Å²) in [7, 11) is 0. The monoisotopic (exact) mass is 344 g/mol. The zero-order valence-corrected chi connectivity index (χ0v) is 12.9. The molecule has 1 aromatic carbocycles. The van der Waals surface area contributed by atoms with E-state index in [0.717, 1.165) is 25.0 Å². The summed E-state index contributed by atoms with van der Waals surface area (Å²) in [5.41, 5.74) is -0.0655. The summed E-state index contributed by atoms with van der Waals surface area (Å²) >= 11 is 0. The van der Waals surface area contributed by atoms with Crippen LogP contribution >= 0.6 is 0 Å². The molecule has 1 saturated carbocycles. The van der Waals surface area contributed by atoms with Crippen molar-refractivity contribution in [1.82, 2.24) is 10.6 Å². The van der Waals surface area contributed by atoms with Gasteiger partial charge in [-0.25, -0.2) is 13.2 Å². The van der Waals surface area contributed by atoms with E-state index in [0.29, 0.717) is 13.0 Å². The first-order valence-electron chi connectivity index (χ1n) is 7.74. The van der Waals surface area contributed by atoms with Gasteiger partial charge in [-0.05, 0) is 37.0 Å². The van der Waals surface area contributed by atoms with Gasteiger partial charge in [0, 0.05) is 18.9 Å². The number of benzene rings is 1. The molecule has 24 heavy (non-hydrogen) atoms. The second-order valence-corrected chi connectivity index (χ2v) is 5.77. The Morgan fingerprint density at radius 1 is 1.21 bits per heavy atom. The van der Waals surface area contributed by atoms with Crippen LogP contribution in [0.5, 0.6) is 0 Å². The lowest BCUT2D eigenvalue weighted by atomic mass is 10.1. The van der Waals surface area contributed by atoms with E-state index in [9.17, 15) is 27.9 Å². The van der Waals surface area contributed by atoms with Gasteiger partial charge < -0.3 is 15.7 Å². The summed E-state index contributed by atoms with van der Waals surface area (Å²) in [5, 5.41) is 14.4. The van der Waals surface area contributed by atoms with Crippen molar-refractivity contribution in [3.05, 3.63) is 35.1 Å². The van der Waals surface area contributed by atoms with Gasteiger partial charge in [0.25, 0.3) is 0 Å². The minimum atomic E-state index is -1.60. The van der Waals surface area contributed by atoms with Gasteiger partial charge in [0.2, 0.25) is 11.8 Å². The average Bonchev–Trinajstić information content (AvgIpc) is 3.38. The van der Waals surface area contributed by atoms with Crippen LogP contribution < -0.4 is 10.6 Å². The van der Waals surface area contributed by atoms with E-state index in [4.69, 9.17) is 0 Å². The third-order valence-corrected chi connectivity index (χ3v) is 3.75. The number of aliphatic hydroxyl groups excluding tert-OH is 1. The van der Waals surface area contributed by atoms with Crippen LogP contribution in [0.4, 0.5) is 13.2 Å². The highest BCUT2D eigenvalue weighted by atomic mass is 19.2. The van der Waals surface area contributed by atoms with Gasteiger partial charge in [-0.2, -0.15) is 0 Å². The van der Waals surface area contributed by atoms with Gasteiger partial charge >= 0.3 is 0 Å². The highest BCUT2D eigenvalue weighted by molar-refractivity contribution is 5.81. The van der Waals surface area contributed by atoms with E-state index in [2.05, 4.69) is 10.6 Å². The Labute approximate surface area is 137 Å². The molecule has 2 rings (SSSR count). The molecule has 1 aliphatic rings. The number of rotatable bonds is 8. The molecule has 1 aliphatic carbocycles. The second-order valence-electron chi connectivity index (χ2n) is 5.77. The van der Waals surface area contributed by atoms with Crippen LogP contribution in [0.2, 0.25) is 0 Å². The van der Waals surface area contributed by atoms with Gasteiger partial charge in [-0.3, -0.25) is 9.59 Å². The number of hydrogen-bond acceptors (Lipinski definition) is 3. The third-order valence-electron chi connectivity index (χ3n) is 3.75. The fourth-order valence-electron chi connectivity index (χ4n) is 2.23. The molecule has 1 fully saturated rings. The fourth-order valence-corrected chi connectivity index (χ4v) is 2.23. The van der Waals surface area contributed by atoms with Crippen molar-refractivity contribution in [3.63, 3.8) is 0 Å². The lowest BCUT2D eigenvalue weighted by Gasteiger charge is -2.17. The Bertz CT molecular complexity index is 598. The number of nitrogens with one attached hydrogen (secondary N) is 2. The predicted molar refractivity (Wildman–Crippen MR) is 79.3 cm³/mol. The molecule has 1 unspecified atom stereocenters. The summed E-state index contributed by atoms with van der Waals surface area (Å²) in [5.74, 6) is -4.74. The molecule has 1 atom stereocenters. The molecule has 0 saturated heterocycles. The Morgan fingerprint density at radius 3 is 2.38 bits per heavy atom. The molecular formula is C16H19F3N2O3. The summed E-state index contributed by atoms with van der Waals surface area (Å²) in [6.07, 6.45) is 2.27. The first-order valence-corrected chi connectivity index (χ1v) is 7.74. The van der Waals surface area contributed by atoms with Gasteiger partial charge in [-0.1, -0.05) is 0 Å². The van der Waals surface area contributed by atoms with Gasteiger partial charge in [-0.15, -0.1) is 0 Å². The summed E-state index contributed by atoms with van der Waals surface area (Å²) in [6.45, 7) is -0.235. The van der Waals surface area contributed by atoms with Crippen LogP contribution in [0.3, 0.4) is 0 Å². The van der Waals surface area contributed by atoms with Crippen LogP contribution in [0, 0.1) is 23.4 Å². The molecular weight excluding hydrogens is 325 g/mol. The molecule has 0 bridgehead atoms. The van der Waals surface area contributed by atoms with Crippen molar-refractivity contribution in [2.24, 2.45) is 5.92 Å².